The fraction of sp³-hybridized carbons (Fsp3) is 0.556. The number of hydrogen-bond donors (Lipinski definition) is 2. The van der Waals surface area contributed by atoms with Crippen LogP contribution in [0.4, 0.5) is 0 Å². The van der Waals surface area contributed by atoms with Crippen molar-refractivity contribution in [1.29, 1.82) is 0 Å². The van der Waals surface area contributed by atoms with Crippen LogP contribution in [-0.4, -0.2) is 16.9 Å². The molecule has 1 amide bonds. The number of rotatable bonds is 4. The Morgan fingerprint density at radius 2 is 2.50 bits per heavy atom. The van der Waals surface area contributed by atoms with E-state index in [1.165, 1.54) is 0 Å². The van der Waals surface area contributed by atoms with Crippen molar-refractivity contribution in [2.45, 2.75) is 32.9 Å². The molecule has 0 radical (unpaired) electrons. The highest BCUT2D eigenvalue weighted by atomic mass is 16.4. The van der Waals surface area contributed by atoms with Gasteiger partial charge in [-0.2, -0.15) is 0 Å². The molecule has 1 aromatic heterocycles. The standard InChI is InChI=1S/C9H15N3O2/c1-3-7(10)9(13)12-5-8-11-4-6(2)14-8/h4,7H,3,5,10H2,1-2H3,(H,12,13)/t7-/m0/s1. The molecule has 0 unspecified atom stereocenters. The lowest BCUT2D eigenvalue weighted by molar-refractivity contribution is -0.122. The summed E-state index contributed by atoms with van der Waals surface area (Å²) in [4.78, 5) is 15.2. The Balaban J connectivity index is 2.37. The van der Waals surface area contributed by atoms with Gasteiger partial charge in [0.05, 0.1) is 18.8 Å². The Bertz CT molecular complexity index is 309. The number of amides is 1. The van der Waals surface area contributed by atoms with Crippen molar-refractivity contribution in [3.05, 3.63) is 17.8 Å². The maximum Gasteiger partial charge on any atom is 0.237 e. The van der Waals surface area contributed by atoms with Crippen LogP contribution in [0.3, 0.4) is 0 Å². The third-order valence-electron chi connectivity index (χ3n) is 1.86. The average Bonchev–Trinajstić information content (AvgIpc) is 2.59. The van der Waals surface area contributed by atoms with E-state index in [1.54, 1.807) is 13.1 Å². The highest BCUT2D eigenvalue weighted by Gasteiger charge is 2.11. The summed E-state index contributed by atoms with van der Waals surface area (Å²) < 4.78 is 5.18. The quantitative estimate of drug-likeness (QED) is 0.729. The molecule has 0 aromatic carbocycles. The van der Waals surface area contributed by atoms with Gasteiger partial charge in [0.15, 0.2) is 0 Å². The predicted octanol–water partition coefficient (Wildman–Crippen LogP) is 0.337. The topological polar surface area (TPSA) is 81.2 Å². The molecule has 0 saturated carbocycles. The molecule has 0 aliphatic rings. The van der Waals surface area contributed by atoms with Crippen LogP contribution in [0.1, 0.15) is 25.0 Å². The molecular weight excluding hydrogens is 182 g/mol. The van der Waals surface area contributed by atoms with Gasteiger partial charge in [-0.1, -0.05) is 6.92 Å². The normalized spacial score (nSPS) is 12.5. The molecule has 1 atom stereocenters. The second-order valence-electron chi connectivity index (χ2n) is 3.10. The van der Waals surface area contributed by atoms with Gasteiger partial charge in [-0.05, 0) is 13.3 Å². The molecule has 78 valence electrons. The SMILES string of the molecule is CC[C@H](N)C(=O)NCc1ncc(C)o1. The summed E-state index contributed by atoms with van der Waals surface area (Å²) in [6.45, 7) is 3.95. The largest absolute Gasteiger partial charge is 0.444 e. The number of aryl methyl sites for hydroxylation is 1. The van der Waals surface area contributed by atoms with Gasteiger partial charge in [0.25, 0.3) is 0 Å². The van der Waals surface area contributed by atoms with Crippen molar-refractivity contribution in [1.82, 2.24) is 10.3 Å². The molecule has 3 N–H and O–H groups in total. The van der Waals surface area contributed by atoms with E-state index in [4.69, 9.17) is 10.2 Å². The first-order valence-corrected chi connectivity index (χ1v) is 4.58. The number of carbonyl (C=O) groups is 1. The zero-order valence-electron chi connectivity index (χ0n) is 8.41. The van der Waals surface area contributed by atoms with Crippen molar-refractivity contribution in [2.75, 3.05) is 0 Å². The number of hydrogen-bond acceptors (Lipinski definition) is 4. The first-order valence-electron chi connectivity index (χ1n) is 4.58. The van der Waals surface area contributed by atoms with Gasteiger partial charge in [-0.25, -0.2) is 4.98 Å². The van der Waals surface area contributed by atoms with E-state index in [9.17, 15) is 4.79 Å². The Morgan fingerprint density at radius 3 is 3.00 bits per heavy atom. The van der Waals surface area contributed by atoms with Gasteiger partial charge in [-0.15, -0.1) is 0 Å². The summed E-state index contributed by atoms with van der Waals surface area (Å²) in [6, 6.07) is -0.453. The molecule has 0 fully saturated rings. The fourth-order valence-electron chi connectivity index (χ4n) is 0.962. The maximum absolute atomic E-state index is 11.2. The van der Waals surface area contributed by atoms with E-state index < -0.39 is 6.04 Å². The van der Waals surface area contributed by atoms with E-state index in [0.29, 0.717) is 18.9 Å². The average molecular weight is 197 g/mol. The smallest absolute Gasteiger partial charge is 0.237 e. The van der Waals surface area contributed by atoms with Crippen LogP contribution >= 0.6 is 0 Å². The van der Waals surface area contributed by atoms with Crippen molar-refractivity contribution in [3.63, 3.8) is 0 Å². The molecule has 0 aliphatic carbocycles. The summed E-state index contributed by atoms with van der Waals surface area (Å²) in [5.41, 5.74) is 5.52. The second-order valence-corrected chi connectivity index (χ2v) is 3.10. The van der Waals surface area contributed by atoms with Gasteiger partial charge in [0.1, 0.15) is 5.76 Å². The van der Waals surface area contributed by atoms with Gasteiger partial charge in [0.2, 0.25) is 11.8 Å². The Hall–Kier alpha value is -1.36. The molecule has 1 heterocycles. The lowest BCUT2D eigenvalue weighted by Gasteiger charge is -2.07. The number of nitrogens with one attached hydrogen (secondary N) is 1. The monoisotopic (exact) mass is 197 g/mol. The Labute approximate surface area is 82.7 Å². The van der Waals surface area contributed by atoms with Crippen LogP contribution < -0.4 is 11.1 Å². The summed E-state index contributed by atoms with van der Waals surface area (Å²) in [7, 11) is 0. The molecule has 0 aliphatic heterocycles. The lowest BCUT2D eigenvalue weighted by Crippen LogP contribution is -2.39. The van der Waals surface area contributed by atoms with Crippen molar-refractivity contribution in [3.8, 4) is 0 Å². The van der Waals surface area contributed by atoms with Crippen LogP contribution in [0.2, 0.25) is 0 Å². The predicted molar refractivity (Wildman–Crippen MR) is 51.4 cm³/mol. The second kappa shape index (κ2) is 4.76. The van der Waals surface area contributed by atoms with Gasteiger partial charge in [-0.3, -0.25) is 4.79 Å². The summed E-state index contributed by atoms with van der Waals surface area (Å²) in [6.07, 6.45) is 2.23. The van der Waals surface area contributed by atoms with Gasteiger partial charge >= 0.3 is 0 Å². The van der Waals surface area contributed by atoms with E-state index in [0.717, 1.165) is 5.76 Å². The Morgan fingerprint density at radius 1 is 1.79 bits per heavy atom. The zero-order chi connectivity index (χ0) is 10.6. The molecule has 0 saturated heterocycles. The first-order chi connectivity index (χ1) is 6.63. The minimum absolute atomic E-state index is 0.177. The van der Waals surface area contributed by atoms with E-state index >= 15 is 0 Å². The van der Waals surface area contributed by atoms with Crippen LogP contribution in [0, 0.1) is 6.92 Å². The fourth-order valence-corrected chi connectivity index (χ4v) is 0.962. The molecule has 1 aromatic rings. The number of oxazole rings is 1. The van der Waals surface area contributed by atoms with Gasteiger partial charge < -0.3 is 15.5 Å². The summed E-state index contributed by atoms with van der Waals surface area (Å²) in [5.74, 6) is 1.05. The molecule has 14 heavy (non-hydrogen) atoms. The number of nitrogens with zero attached hydrogens (tertiary/aromatic N) is 1. The molecule has 5 nitrogen and oxygen atoms in total. The number of aromatic nitrogens is 1. The van der Waals surface area contributed by atoms with Crippen LogP contribution in [0.5, 0.6) is 0 Å². The molecular formula is C9H15N3O2. The minimum atomic E-state index is -0.453. The minimum Gasteiger partial charge on any atom is -0.444 e. The van der Waals surface area contributed by atoms with Crippen molar-refractivity contribution >= 4 is 5.91 Å². The highest BCUT2D eigenvalue weighted by Crippen LogP contribution is 2.00. The molecule has 0 bridgehead atoms. The van der Waals surface area contributed by atoms with E-state index in [-0.39, 0.29) is 5.91 Å². The van der Waals surface area contributed by atoms with Gasteiger partial charge in [0, 0.05) is 0 Å². The van der Waals surface area contributed by atoms with E-state index in [2.05, 4.69) is 10.3 Å². The van der Waals surface area contributed by atoms with Crippen molar-refractivity contribution in [2.24, 2.45) is 5.73 Å². The van der Waals surface area contributed by atoms with Crippen LogP contribution in [0.25, 0.3) is 0 Å². The zero-order valence-corrected chi connectivity index (χ0v) is 8.41. The van der Waals surface area contributed by atoms with Crippen LogP contribution in [-0.2, 0) is 11.3 Å². The Kier molecular flexibility index (Phi) is 3.64. The van der Waals surface area contributed by atoms with Crippen molar-refractivity contribution < 1.29 is 9.21 Å². The third-order valence-corrected chi connectivity index (χ3v) is 1.86. The maximum atomic E-state index is 11.2. The third kappa shape index (κ3) is 2.85. The molecule has 5 heteroatoms. The first kappa shape index (κ1) is 10.7. The molecule has 0 spiro atoms. The number of nitrogens with two attached hydrogens (primary N) is 1. The molecule has 1 rings (SSSR count). The van der Waals surface area contributed by atoms with Crippen LogP contribution in [0.15, 0.2) is 10.6 Å². The summed E-state index contributed by atoms with van der Waals surface area (Å²) in [5, 5.41) is 2.64. The van der Waals surface area contributed by atoms with E-state index in [1.807, 2.05) is 6.92 Å². The lowest BCUT2D eigenvalue weighted by atomic mass is 10.2. The highest BCUT2D eigenvalue weighted by molar-refractivity contribution is 5.81. The number of carbonyl (C=O) groups excluding carboxylic acids is 1. The summed E-state index contributed by atoms with van der Waals surface area (Å²) >= 11 is 0.